The quantitative estimate of drug-likeness (QED) is 0.767. The van der Waals surface area contributed by atoms with Crippen LogP contribution in [0.1, 0.15) is 12.0 Å². The maximum Gasteiger partial charge on any atom is 0.234 e. The topological polar surface area (TPSA) is 62.1 Å². The molecule has 0 unspecified atom stereocenters. The van der Waals surface area contributed by atoms with Crippen LogP contribution in [0.5, 0.6) is 0 Å². The lowest BCUT2D eigenvalue weighted by Gasteiger charge is -2.05. The van der Waals surface area contributed by atoms with Crippen LogP contribution < -0.4 is 5.32 Å². The number of rotatable bonds is 7. The SMILES string of the molecule is COCCCSCC(=O)Nc1ccc(C#N)cc1. The number of ether oxygens (including phenoxy) is 1. The minimum Gasteiger partial charge on any atom is -0.385 e. The van der Waals surface area contributed by atoms with E-state index in [4.69, 9.17) is 10.00 Å². The number of benzene rings is 1. The Morgan fingerprint density at radius 2 is 2.17 bits per heavy atom. The highest BCUT2D eigenvalue weighted by Gasteiger charge is 2.02. The van der Waals surface area contributed by atoms with Crippen LogP contribution in [0.15, 0.2) is 24.3 Å². The first-order valence-corrected chi connectivity index (χ1v) is 6.78. The van der Waals surface area contributed by atoms with Crippen LogP contribution in [0.4, 0.5) is 5.69 Å². The number of hydrogen-bond donors (Lipinski definition) is 1. The Bertz CT molecular complexity index is 412. The predicted octanol–water partition coefficient (Wildman–Crippen LogP) is 2.27. The summed E-state index contributed by atoms with van der Waals surface area (Å²) in [5, 5.41) is 11.4. The minimum atomic E-state index is -0.0258. The van der Waals surface area contributed by atoms with Gasteiger partial charge in [-0.3, -0.25) is 4.79 Å². The molecular formula is C13H16N2O2S. The number of anilines is 1. The van der Waals surface area contributed by atoms with Crippen LogP contribution in [0, 0.1) is 11.3 Å². The Labute approximate surface area is 111 Å². The molecule has 0 atom stereocenters. The van der Waals surface area contributed by atoms with Crippen LogP contribution in [-0.2, 0) is 9.53 Å². The van der Waals surface area contributed by atoms with Gasteiger partial charge in [0, 0.05) is 19.4 Å². The lowest BCUT2D eigenvalue weighted by molar-refractivity contribution is -0.113. The lowest BCUT2D eigenvalue weighted by atomic mass is 10.2. The largest absolute Gasteiger partial charge is 0.385 e. The van der Waals surface area contributed by atoms with Gasteiger partial charge in [0.05, 0.1) is 17.4 Å². The molecule has 1 aromatic carbocycles. The van der Waals surface area contributed by atoms with Crippen molar-refractivity contribution in [1.29, 1.82) is 5.26 Å². The molecule has 0 saturated carbocycles. The second kappa shape index (κ2) is 8.56. The van der Waals surface area contributed by atoms with Crippen LogP contribution >= 0.6 is 11.8 Å². The van der Waals surface area contributed by atoms with E-state index in [1.807, 2.05) is 6.07 Å². The van der Waals surface area contributed by atoms with Crippen molar-refractivity contribution in [2.24, 2.45) is 0 Å². The van der Waals surface area contributed by atoms with Gasteiger partial charge < -0.3 is 10.1 Å². The summed E-state index contributed by atoms with van der Waals surface area (Å²) in [6.07, 6.45) is 0.950. The zero-order valence-electron chi connectivity index (χ0n) is 10.3. The Kier molecular flexibility index (Phi) is 6.92. The number of carbonyl (C=O) groups is 1. The minimum absolute atomic E-state index is 0.0258. The Hall–Kier alpha value is -1.51. The summed E-state index contributed by atoms with van der Waals surface area (Å²) < 4.78 is 4.93. The normalized spacial score (nSPS) is 9.78. The Morgan fingerprint density at radius 1 is 1.44 bits per heavy atom. The fourth-order valence-corrected chi connectivity index (χ4v) is 2.02. The van der Waals surface area contributed by atoms with Crippen molar-refractivity contribution in [3.8, 4) is 6.07 Å². The fraction of sp³-hybridized carbons (Fsp3) is 0.385. The second-order valence-electron chi connectivity index (χ2n) is 3.64. The van der Waals surface area contributed by atoms with Crippen molar-refractivity contribution in [3.05, 3.63) is 29.8 Å². The van der Waals surface area contributed by atoms with E-state index in [0.29, 0.717) is 11.3 Å². The lowest BCUT2D eigenvalue weighted by Crippen LogP contribution is -2.14. The van der Waals surface area contributed by atoms with E-state index in [2.05, 4.69) is 5.32 Å². The van der Waals surface area contributed by atoms with Gasteiger partial charge in [-0.15, -0.1) is 0 Å². The highest BCUT2D eigenvalue weighted by molar-refractivity contribution is 7.99. The summed E-state index contributed by atoms with van der Waals surface area (Å²) in [7, 11) is 1.67. The van der Waals surface area contributed by atoms with E-state index in [1.165, 1.54) is 0 Å². The highest BCUT2D eigenvalue weighted by atomic mass is 32.2. The summed E-state index contributed by atoms with van der Waals surface area (Å²) in [6.45, 7) is 0.726. The average Bonchev–Trinajstić information content (AvgIpc) is 2.39. The van der Waals surface area contributed by atoms with Gasteiger partial charge in [0.25, 0.3) is 0 Å². The number of nitrogens with one attached hydrogen (secondary N) is 1. The summed E-state index contributed by atoms with van der Waals surface area (Å²) in [5.74, 6) is 1.32. The molecule has 0 bridgehead atoms. The first-order valence-electron chi connectivity index (χ1n) is 5.63. The van der Waals surface area contributed by atoms with E-state index < -0.39 is 0 Å². The molecule has 0 aliphatic carbocycles. The zero-order valence-corrected chi connectivity index (χ0v) is 11.1. The van der Waals surface area contributed by atoms with Crippen LogP contribution in [-0.4, -0.2) is 31.1 Å². The molecule has 0 radical (unpaired) electrons. The monoisotopic (exact) mass is 264 g/mol. The third-order valence-electron chi connectivity index (χ3n) is 2.17. The second-order valence-corrected chi connectivity index (χ2v) is 4.74. The van der Waals surface area contributed by atoms with E-state index in [9.17, 15) is 4.79 Å². The van der Waals surface area contributed by atoms with Gasteiger partial charge in [0.2, 0.25) is 5.91 Å². The molecular weight excluding hydrogens is 248 g/mol. The van der Waals surface area contributed by atoms with Crippen LogP contribution in [0.2, 0.25) is 0 Å². The third-order valence-corrected chi connectivity index (χ3v) is 3.21. The van der Waals surface area contributed by atoms with Crippen molar-refractivity contribution in [2.75, 3.05) is 30.5 Å². The molecule has 1 aromatic rings. The number of amides is 1. The molecule has 0 aliphatic heterocycles. The van der Waals surface area contributed by atoms with Gasteiger partial charge in [0.15, 0.2) is 0 Å². The molecule has 0 spiro atoms. The number of hydrogen-bond acceptors (Lipinski definition) is 4. The first kappa shape index (κ1) is 14.6. The average molecular weight is 264 g/mol. The smallest absolute Gasteiger partial charge is 0.234 e. The first-order chi connectivity index (χ1) is 8.76. The molecule has 96 valence electrons. The summed E-state index contributed by atoms with van der Waals surface area (Å²) in [5.41, 5.74) is 1.30. The van der Waals surface area contributed by atoms with Crippen molar-refractivity contribution in [2.45, 2.75) is 6.42 Å². The molecule has 1 amide bonds. The third kappa shape index (κ3) is 5.71. The van der Waals surface area contributed by atoms with Gasteiger partial charge in [0.1, 0.15) is 0 Å². The summed E-state index contributed by atoms with van der Waals surface area (Å²) in [4.78, 5) is 11.6. The number of carbonyl (C=O) groups excluding carboxylic acids is 1. The number of nitriles is 1. The molecule has 5 heteroatoms. The van der Waals surface area contributed by atoms with Gasteiger partial charge in [-0.2, -0.15) is 17.0 Å². The van der Waals surface area contributed by atoms with Crippen LogP contribution in [0.25, 0.3) is 0 Å². The Morgan fingerprint density at radius 3 is 2.78 bits per heavy atom. The number of nitrogens with zero attached hydrogens (tertiary/aromatic N) is 1. The van der Waals surface area contributed by atoms with E-state index in [0.717, 1.165) is 24.5 Å². The molecule has 1 rings (SSSR count). The van der Waals surface area contributed by atoms with Crippen molar-refractivity contribution >= 4 is 23.4 Å². The maximum atomic E-state index is 11.6. The predicted molar refractivity (Wildman–Crippen MR) is 73.6 cm³/mol. The van der Waals surface area contributed by atoms with Crippen molar-refractivity contribution in [1.82, 2.24) is 0 Å². The molecule has 0 heterocycles. The van der Waals surface area contributed by atoms with Gasteiger partial charge in [-0.05, 0) is 36.4 Å². The number of methoxy groups -OCH3 is 1. The summed E-state index contributed by atoms with van der Waals surface area (Å²) >= 11 is 1.58. The standard InChI is InChI=1S/C13H16N2O2S/c1-17-7-2-8-18-10-13(16)15-12-5-3-11(9-14)4-6-12/h3-6H,2,7-8,10H2,1H3,(H,15,16). The van der Waals surface area contributed by atoms with E-state index in [-0.39, 0.29) is 5.91 Å². The van der Waals surface area contributed by atoms with Crippen molar-refractivity contribution in [3.63, 3.8) is 0 Å². The highest BCUT2D eigenvalue weighted by Crippen LogP contribution is 2.10. The molecule has 18 heavy (non-hydrogen) atoms. The molecule has 0 saturated heterocycles. The molecule has 0 fully saturated rings. The van der Waals surface area contributed by atoms with Crippen molar-refractivity contribution < 1.29 is 9.53 Å². The van der Waals surface area contributed by atoms with Gasteiger partial charge in [-0.1, -0.05) is 0 Å². The zero-order chi connectivity index (χ0) is 13.2. The van der Waals surface area contributed by atoms with E-state index >= 15 is 0 Å². The van der Waals surface area contributed by atoms with Gasteiger partial charge in [-0.25, -0.2) is 0 Å². The maximum absolute atomic E-state index is 11.6. The summed E-state index contributed by atoms with van der Waals surface area (Å²) in [6, 6.07) is 8.85. The molecule has 0 aromatic heterocycles. The Balaban J connectivity index is 2.25. The molecule has 4 nitrogen and oxygen atoms in total. The van der Waals surface area contributed by atoms with Gasteiger partial charge >= 0.3 is 0 Å². The van der Waals surface area contributed by atoms with Crippen LogP contribution in [0.3, 0.4) is 0 Å². The van der Waals surface area contributed by atoms with E-state index in [1.54, 1.807) is 43.1 Å². The fourth-order valence-electron chi connectivity index (χ4n) is 1.30. The molecule has 1 N–H and O–H groups in total. The number of thioether (sulfide) groups is 1. The molecule has 0 aliphatic rings.